The van der Waals surface area contributed by atoms with E-state index in [-0.39, 0.29) is 17.9 Å². The highest BCUT2D eigenvalue weighted by Gasteiger charge is 2.17. The normalized spacial score (nSPS) is 12.0. The summed E-state index contributed by atoms with van der Waals surface area (Å²) in [5.74, 6) is -1.93. The molecule has 0 aliphatic heterocycles. The van der Waals surface area contributed by atoms with Crippen molar-refractivity contribution in [2.24, 2.45) is 10.3 Å². The summed E-state index contributed by atoms with van der Waals surface area (Å²) >= 11 is 0. The number of hydrogen-bond donors (Lipinski definition) is 2. The van der Waals surface area contributed by atoms with Crippen LogP contribution in [-0.2, 0) is 9.53 Å². The highest BCUT2D eigenvalue weighted by molar-refractivity contribution is 6.65. The number of carbonyl (C=O) groups is 2. The molecule has 0 bridgehead atoms. The molecule has 1 aromatic carbocycles. The molecule has 0 atom stereocenters. The van der Waals surface area contributed by atoms with E-state index < -0.39 is 23.4 Å². The second kappa shape index (κ2) is 7.73. The van der Waals surface area contributed by atoms with Gasteiger partial charge in [-0.3, -0.25) is 4.79 Å². The quantitative estimate of drug-likeness (QED) is 0.370. The summed E-state index contributed by atoms with van der Waals surface area (Å²) in [6, 6.07) is 4.82. The van der Waals surface area contributed by atoms with Crippen molar-refractivity contribution >= 4 is 23.3 Å². The topological polar surface area (TPSA) is 100 Å². The first kappa shape index (κ1) is 16.3. The molecule has 0 fully saturated rings. The van der Waals surface area contributed by atoms with Crippen LogP contribution in [0.1, 0.15) is 24.2 Å². The SMILES string of the molecule is CCOC(=O)C(=N\O)/C(C)=N/NC(=O)c1ccc(F)cc1. The Balaban J connectivity index is 2.76. The number of esters is 1. The Morgan fingerprint density at radius 1 is 1.33 bits per heavy atom. The molecule has 0 spiro atoms. The largest absolute Gasteiger partial charge is 0.461 e. The van der Waals surface area contributed by atoms with Crippen LogP contribution in [-0.4, -0.2) is 35.1 Å². The van der Waals surface area contributed by atoms with Crippen molar-refractivity contribution in [3.05, 3.63) is 35.6 Å². The molecule has 0 saturated heterocycles. The minimum atomic E-state index is -0.864. The van der Waals surface area contributed by atoms with Gasteiger partial charge in [0.1, 0.15) is 5.82 Å². The number of amides is 1. The fourth-order valence-corrected chi connectivity index (χ4v) is 1.31. The lowest BCUT2D eigenvalue weighted by Gasteiger charge is -2.04. The number of nitrogens with one attached hydrogen (secondary N) is 1. The van der Waals surface area contributed by atoms with E-state index in [0.29, 0.717) is 0 Å². The molecule has 0 heterocycles. The number of oxime groups is 1. The molecule has 0 unspecified atom stereocenters. The number of nitrogens with zero attached hydrogens (tertiary/aromatic N) is 2. The average Bonchev–Trinajstić information content (AvgIpc) is 2.46. The number of ether oxygens (including phenoxy) is 1. The van der Waals surface area contributed by atoms with Crippen LogP contribution >= 0.6 is 0 Å². The number of halogens is 1. The van der Waals surface area contributed by atoms with Crippen LogP contribution in [0.25, 0.3) is 0 Å². The number of hydrazone groups is 1. The van der Waals surface area contributed by atoms with Gasteiger partial charge in [0, 0.05) is 5.56 Å². The zero-order valence-electron chi connectivity index (χ0n) is 11.5. The standard InChI is InChI=1S/C13H14FN3O4/c1-3-21-13(19)11(17-20)8(2)15-16-12(18)9-4-6-10(14)7-5-9/h4-7,20H,3H2,1-2H3,(H,16,18)/b15-8+,17-11-. The van der Waals surface area contributed by atoms with Gasteiger partial charge in [0.15, 0.2) is 0 Å². The molecule has 0 radical (unpaired) electrons. The van der Waals surface area contributed by atoms with Crippen molar-refractivity contribution in [2.75, 3.05) is 6.61 Å². The van der Waals surface area contributed by atoms with Gasteiger partial charge in [-0.25, -0.2) is 14.6 Å². The molecule has 1 amide bonds. The lowest BCUT2D eigenvalue weighted by atomic mass is 10.2. The zero-order chi connectivity index (χ0) is 15.8. The monoisotopic (exact) mass is 295 g/mol. The predicted molar refractivity (Wildman–Crippen MR) is 72.8 cm³/mol. The van der Waals surface area contributed by atoms with Crippen LogP contribution in [0.4, 0.5) is 4.39 Å². The van der Waals surface area contributed by atoms with Crippen molar-refractivity contribution in [3.63, 3.8) is 0 Å². The van der Waals surface area contributed by atoms with Gasteiger partial charge >= 0.3 is 5.97 Å². The molecule has 1 rings (SSSR count). The zero-order valence-corrected chi connectivity index (χ0v) is 11.5. The molecule has 21 heavy (non-hydrogen) atoms. The maximum absolute atomic E-state index is 12.7. The summed E-state index contributed by atoms with van der Waals surface area (Å²) in [4.78, 5) is 23.1. The van der Waals surface area contributed by atoms with Crippen molar-refractivity contribution < 1.29 is 23.9 Å². The summed E-state index contributed by atoms with van der Waals surface area (Å²) in [7, 11) is 0. The smallest absolute Gasteiger partial charge is 0.362 e. The first-order valence-corrected chi connectivity index (χ1v) is 5.99. The van der Waals surface area contributed by atoms with E-state index in [1.165, 1.54) is 19.1 Å². The maximum atomic E-state index is 12.7. The van der Waals surface area contributed by atoms with Gasteiger partial charge in [-0.05, 0) is 38.1 Å². The third-order valence-corrected chi connectivity index (χ3v) is 2.34. The van der Waals surface area contributed by atoms with Crippen LogP contribution in [0, 0.1) is 5.82 Å². The minimum Gasteiger partial charge on any atom is -0.461 e. The van der Waals surface area contributed by atoms with Crippen LogP contribution in [0.15, 0.2) is 34.5 Å². The molecule has 8 heteroatoms. The Morgan fingerprint density at radius 2 is 1.95 bits per heavy atom. The van der Waals surface area contributed by atoms with Gasteiger partial charge in [-0.1, -0.05) is 5.16 Å². The molecule has 2 N–H and O–H groups in total. The van der Waals surface area contributed by atoms with E-state index in [0.717, 1.165) is 12.1 Å². The van der Waals surface area contributed by atoms with E-state index in [9.17, 15) is 14.0 Å². The van der Waals surface area contributed by atoms with E-state index in [2.05, 4.69) is 20.4 Å². The van der Waals surface area contributed by atoms with E-state index in [4.69, 9.17) is 5.21 Å². The summed E-state index contributed by atoms with van der Waals surface area (Å²) in [6.45, 7) is 3.06. The fraction of sp³-hybridized carbons (Fsp3) is 0.231. The van der Waals surface area contributed by atoms with E-state index in [1.54, 1.807) is 6.92 Å². The summed E-state index contributed by atoms with van der Waals surface area (Å²) in [6.07, 6.45) is 0. The van der Waals surface area contributed by atoms with Gasteiger partial charge in [-0.15, -0.1) is 0 Å². The first-order valence-electron chi connectivity index (χ1n) is 5.99. The number of benzene rings is 1. The van der Waals surface area contributed by atoms with Gasteiger partial charge in [-0.2, -0.15) is 5.10 Å². The van der Waals surface area contributed by atoms with Crippen LogP contribution in [0.2, 0.25) is 0 Å². The van der Waals surface area contributed by atoms with Crippen LogP contribution < -0.4 is 5.43 Å². The summed E-state index contributed by atoms with van der Waals surface area (Å²) < 4.78 is 17.4. The third-order valence-electron chi connectivity index (χ3n) is 2.34. The molecular weight excluding hydrogens is 281 g/mol. The maximum Gasteiger partial charge on any atom is 0.362 e. The van der Waals surface area contributed by atoms with Crippen molar-refractivity contribution in [1.29, 1.82) is 0 Å². The van der Waals surface area contributed by atoms with Crippen LogP contribution in [0.5, 0.6) is 0 Å². The molecule has 0 aliphatic carbocycles. The van der Waals surface area contributed by atoms with E-state index >= 15 is 0 Å². The lowest BCUT2D eigenvalue weighted by molar-refractivity contribution is -0.134. The van der Waals surface area contributed by atoms with Gasteiger partial charge in [0.05, 0.1) is 12.3 Å². The predicted octanol–water partition coefficient (Wildman–Crippen LogP) is 1.32. The van der Waals surface area contributed by atoms with Gasteiger partial charge in [0.25, 0.3) is 5.91 Å². The molecular formula is C13H14FN3O4. The molecule has 0 aliphatic rings. The Hall–Kier alpha value is -2.77. The summed E-state index contributed by atoms with van der Waals surface area (Å²) in [5, 5.41) is 15.2. The molecule has 7 nitrogen and oxygen atoms in total. The molecule has 112 valence electrons. The number of hydrogen-bond acceptors (Lipinski definition) is 6. The summed E-state index contributed by atoms with van der Waals surface area (Å²) in [5.41, 5.74) is 1.89. The third kappa shape index (κ3) is 4.68. The first-order chi connectivity index (χ1) is 9.99. The average molecular weight is 295 g/mol. The Labute approximate surface area is 120 Å². The molecule has 1 aromatic rings. The second-order valence-electron chi connectivity index (χ2n) is 3.81. The second-order valence-corrected chi connectivity index (χ2v) is 3.81. The van der Waals surface area contributed by atoms with Crippen molar-refractivity contribution in [2.45, 2.75) is 13.8 Å². The Morgan fingerprint density at radius 3 is 2.48 bits per heavy atom. The highest BCUT2D eigenvalue weighted by atomic mass is 19.1. The Kier molecular flexibility index (Phi) is 5.99. The number of rotatable bonds is 5. The van der Waals surface area contributed by atoms with Crippen LogP contribution in [0.3, 0.4) is 0 Å². The van der Waals surface area contributed by atoms with Gasteiger partial charge < -0.3 is 9.94 Å². The van der Waals surface area contributed by atoms with E-state index in [1.807, 2.05) is 0 Å². The Bertz CT molecular complexity index is 582. The fourth-order valence-electron chi connectivity index (χ4n) is 1.31. The highest BCUT2D eigenvalue weighted by Crippen LogP contribution is 2.02. The lowest BCUT2D eigenvalue weighted by Crippen LogP contribution is -2.28. The van der Waals surface area contributed by atoms with Crippen molar-refractivity contribution in [1.82, 2.24) is 5.43 Å². The van der Waals surface area contributed by atoms with Crippen molar-refractivity contribution in [3.8, 4) is 0 Å². The molecule has 0 saturated carbocycles. The molecule has 0 aromatic heterocycles. The minimum absolute atomic E-state index is 0.0357. The van der Waals surface area contributed by atoms with Gasteiger partial charge in [0.2, 0.25) is 5.71 Å². The number of carbonyl (C=O) groups excluding carboxylic acids is 2.